The molecular weight excluding hydrogens is 270 g/mol. The van der Waals surface area contributed by atoms with E-state index in [1.807, 2.05) is 0 Å². The van der Waals surface area contributed by atoms with Crippen LogP contribution in [0.3, 0.4) is 0 Å². The van der Waals surface area contributed by atoms with Crippen molar-refractivity contribution in [1.29, 1.82) is 0 Å². The number of nitrogens with zero attached hydrogens (tertiary/aromatic N) is 1. The highest BCUT2D eigenvalue weighted by molar-refractivity contribution is 5.83. The highest BCUT2D eigenvalue weighted by Gasteiger charge is 2.26. The zero-order chi connectivity index (χ0) is 15.1. The summed E-state index contributed by atoms with van der Waals surface area (Å²) in [4.78, 5) is 2.41. The van der Waals surface area contributed by atoms with Crippen LogP contribution in [0.2, 0.25) is 0 Å². The lowest BCUT2D eigenvalue weighted by molar-refractivity contribution is 0.296. The Kier molecular flexibility index (Phi) is 3.27. The van der Waals surface area contributed by atoms with Crippen molar-refractivity contribution in [3.05, 3.63) is 71.0 Å². The largest absolute Gasteiger partial charge is 0.461 e. The van der Waals surface area contributed by atoms with Gasteiger partial charge in [0.1, 0.15) is 11.3 Å². The highest BCUT2D eigenvalue weighted by atomic mass is 16.3. The van der Waals surface area contributed by atoms with E-state index < -0.39 is 0 Å². The maximum Gasteiger partial charge on any atom is 0.134 e. The van der Waals surface area contributed by atoms with Crippen molar-refractivity contribution >= 4 is 11.0 Å². The van der Waals surface area contributed by atoms with E-state index in [2.05, 4.69) is 67.4 Å². The smallest absolute Gasteiger partial charge is 0.134 e. The van der Waals surface area contributed by atoms with Crippen LogP contribution in [0.4, 0.5) is 0 Å². The van der Waals surface area contributed by atoms with Gasteiger partial charge in [-0.2, -0.15) is 0 Å². The van der Waals surface area contributed by atoms with Gasteiger partial charge in [-0.3, -0.25) is 0 Å². The van der Waals surface area contributed by atoms with Crippen LogP contribution in [-0.2, 0) is 13.0 Å². The molecule has 1 aliphatic rings. The lowest BCUT2D eigenvalue weighted by atomic mass is 9.83. The predicted octanol–water partition coefficient (Wildman–Crippen LogP) is 4.57. The summed E-state index contributed by atoms with van der Waals surface area (Å²) in [5.74, 6) is 1.52. The van der Waals surface area contributed by atoms with Gasteiger partial charge in [0.05, 0.1) is 0 Å². The third-order valence-corrected chi connectivity index (χ3v) is 4.75. The van der Waals surface area contributed by atoms with Gasteiger partial charge in [-0.1, -0.05) is 43.3 Å². The second-order valence-electron chi connectivity index (χ2n) is 6.27. The van der Waals surface area contributed by atoms with Crippen molar-refractivity contribution < 1.29 is 4.42 Å². The molecule has 0 saturated carbocycles. The highest BCUT2D eigenvalue weighted by Crippen LogP contribution is 2.37. The van der Waals surface area contributed by atoms with Gasteiger partial charge in [0.25, 0.3) is 0 Å². The van der Waals surface area contributed by atoms with E-state index in [1.165, 1.54) is 22.1 Å². The van der Waals surface area contributed by atoms with Crippen molar-refractivity contribution in [3.8, 4) is 0 Å². The molecule has 2 heterocycles. The van der Waals surface area contributed by atoms with Gasteiger partial charge in [0, 0.05) is 30.8 Å². The van der Waals surface area contributed by atoms with E-state index in [0.29, 0.717) is 5.92 Å². The van der Waals surface area contributed by atoms with Crippen LogP contribution >= 0.6 is 0 Å². The fourth-order valence-electron chi connectivity index (χ4n) is 3.63. The molecule has 0 N–H and O–H groups in total. The topological polar surface area (TPSA) is 16.4 Å². The lowest BCUT2D eigenvalue weighted by Gasteiger charge is -2.33. The van der Waals surface area contributed by atoms with Crippen molar-refractivity contribution in [1.82, 2.24) is 4.90 Å². The monoisotopic (exact) mass is 291 g/mol. The molecule has 0 saturated heterocycles. The van der Waals surface area contributed by atoms with Crippen LogP contribution in [0.5, 0.6) is 0 Å². The Labute approximate surface area is 131 Å². The molecule has 22 heavy (non-hydrogen) atoms. The van der Waals surface area contributed by atoms with Crippen molar-refractivity contribution in [2.45, 2.75) is 25.8 Å². The van der Waals surface area contributed by atoms with E-state index in [4.69, 9.17) is 4.42 Å². The van der Waals surface area contributed by atoms with Crippen LogP contribution < -0.4 is 0 Å². The third-order valence-electron chi connectivity index (χ3n) is 4.75. The molecule has 1 unspecified atom stereocenters. The second kappa shape index (κ2) is 5.29. The Hall–Kier alpha value is -2.06. The number of benzene rings is 2. The number of hydrogen-bond donors (Lipinski definition) is 0. The lowest BCUT2D eigenvalue weighted by Crippen LogP contribution is -2.31. The summed E-state index contributed by atoms with van der Waals surface area (Å²) < 4.78 is 5.94. The summed E-state index contributed by atoms with van der Waals surface area (Å²) >= 11 is 0. The molecule has 2 aromatic carbocycles. The zero-order valence-electron chi connectivity index (χ0n) is 13.2. The average Bonchev–Trinajstić information content (AvgIpc) is 2.99. The quantitative estimate of drug-likeness (QED) is 0.687. The molecule has 0 fully saturated rings. The van der Waals surface area contributed by atoms with E-state index >= 15 is 0 Å². The Balaban J connectivity index is 1.90. The summed E-state index contributed by atoms with van der Waals surface area (Å²) in [5, 5.41) is 1.29. The molecule has 0 radical (unpaired) electrons. The van der Waals surface area contributed by atoms with Gasteiger partial charge in [-0.05, 0) is 35.9 Å². The Morgan fingerprint density at radius 1 is 1.14 bits per heavy atom. The van der Waals surface area contributed by atoms with Gasteiger partial charge in [-0.25, -0.2) is 0 Å². The molecule has 1 aromatic heterocycles. The number of furan rings is 1. The first-order valence-corrected chi connectivity index (χ1v) is 8.04. The van der Waals surface area contributed by atoms with E-state index in [-0.39, 0.29) is 0 Å². The van der Waals surface area contributed by atoms with E-state index in [0.717, 1.165) is 30.9 Å². The third kappa shape index (κ3) is 2.15. The Morgan fingerprint density at radius 2 is 1.95 bits per heavy atom. The Morgan fingerprint density at radius 3 is 2.73 bits per heavy atom. The average molecular weight is 291 g/mol. The fraction of sp³-hybridized carbons (Fsp3) is 0.300. The standard InChI is InChI=1S/C20H21NO/c1-3-15-11-17-19-13-21(2)12-18(14-7-5-4-6-8-14)16(19)9-10-20(17)22-15/h4-11,18H,3,12-13H2,1-2H3. The van der Waals surface area contributed by atoms with Gasteiger partial charge in [0.15, 0.2) is 0 Å². The number of rotatable bonds is 2. The van der Waals surface area contributed by atoms with Crippen LogP contribution in [0, 0.1) is 0 Å². The van der Waals surface area contributed by atoms with Crippen LogP contribution in [-0.4, -0.2) is 18.5 Å². The maximum absolute atomic E-state index is 5.94. The van der Waals surface area contributed by atoms with Crippen LogP contribution in [0.1, 0.15) is 35.3 Å². The van der Waals surface area contributed by atoms with Gasteiger partial charge in [0.2, 0.25) is 0 Å². The molecule has 2 heteroatoms. The molecule has 4 rings (SSSR count). The summed E-state index contributed by atoms with van der Waals surface area (Å²) in [6.45, 7) is 4.21. The second-order valence-corrected chi connectivity index (χ2v) is 6.27. The van der Waals surface area contributed by atoms with Crippen molar-refractivity contribution in [2.24, 2.45) is 0 Å². The van der Waals surface area contributed by atoms with E-state index in [1.54, 1.807) is 0 Å². The Bertz CT molecular complexity index is 803. The summed E-state index contributed by atoms with van der Waals surface area (Å²) in [6, 6.07) is 17.5. The predicted molar refractivity (Wildman–Crippen MR) is 90.2 cm³/mol. The first kappa shape index (κ1) is 13.6. The minimum absolute atomic E-state index is 0.444. The number of likely N-dealkylation sites (N-methyl/N-ethyl adjacent to an activating group) is 1. The summed E-state index contributed by atoms with van der Waals surface area (Å²) in [5.41, 5.74) is 5.32. The van der Waals surface area contributed by atoms with Crippen molar-refractivity contribution in [3.63, 3.8) is 0 Å². The number of hydrogen-bond acceptors (Lipinski definition) is 2. The van der Waals surface area contributed by atoms with Gasteiger partial charge < -0.3 is 9.32 Å². The minimum atomic E-state index is 0.444. The molecule has 0 bridgehead atoms. The van der Waals surface area contributed by atoms with Gasteiger partial charge >= 0.3 is 0 Å². The van der Waals surface area contributed by atoms with Gasteiger partial charge in [-0.15, -0.1) is 0 Å². The molecule has 1 aliphatic heterocycles. The van der Waals surface area contributed by atoms with Crippen LogP contribution in [0.15, 0.2) is 52.9 Å². The van der Waals surface area contributed by atoms with Crippen LogP contribution in [0.25, 0.3) is 11.0 Å². The fourth-order valence-corrected chi connectivity index (χ4v) is 3.63. The first-order valence-electron chi connectivity index (χ1n) is 8.04. The minimum Gasteiger partial charge on any atom is -0.461 e. The number of aryl methyl sites for hydroxylation is 1. The molecule has 0 spiro atoms. The molecule has 0 amide bonds. The molecule has 0 aliphatic carbocycles. The maximum atomic E-state index is 5.94. The zero-order valence-corrected chi connectivity index (χ0v) is 13.2. The summed E-state index contributed by atoms with van der Waals surface area (Å²) in [7, 11) is 2.21. The molecule has 2 nitrogen and oxygen atoms in total. The SMILES string of the molecule is CCc1cc2c3c(ccc2o1)C(c1ccccc1)CN(C)C3. The molecule has 112 valence electrons. The number of fused-ring (bicyclic) bond motifs is 3. The van der Waals surface area contributed by atoms with Crippen molar-refractivity contribution in [2.75, 3.05) is 13.6 Å². The first-order chi connectivity index (χ1) is 10.8. The molecule has 1 atom stereocenters. The molecule has 3 aromatic rings. The van der Waals surface area contributed by atoms with E-state index in [9.17, 15) is 0 Å². The summed E-state index contributed by atoms with van der Waals surface area (Å²) in [6.07, 6.45) is 0.946. The molecular formula is C20H21NO. The normalized spacial score (nSPS) is 18.5.